The third kappa shape index (κ3) is 7.57. The van der Waals surface area contributed by atoms with Crippen molar-refractivity contribution in [2.75, 3.05) is 7.05 Å². The maximum absolute atomic E-state index is 14.4. The largest absolute Gasteiger partial charge is 0.573 e. The average molecular weight is 500 g/mol. The lowest BCUT2D eigenvalue weighted by atomic mass is 9.95. The molecule has 0 saturated heterocycles. The van der Waals surface area contributed by atoms with Crippen molar-refractivity contribution < 1.29 is 40.2 Å². The fourth-order valence-corrected chi connectivity index (χ4v) is 2.98. The quantitative estimate of drug-likeness (QED) is 0.269. The van der Waals surface area contributed by atoms with Gasteiger partial charge in [0.15, 0.2) is 0 Å². The number of nitrogens with one attached hydrogen (secondary N) is 1. The van der Waals surface area contributed by atoms with E-state index in [2.05, 4.69) is 16.0 Å². The second-order valence-electron chi connectivity index (χ2n) is 7.67. The first kappa shape index (κ1) is 27.4. The van der Waals surface area contributed by atoms with Crippen LogP contribution >= 0.6 is 0 Å². The normalized spacial score (nSPS) is 12.8. The van der Waals surface area contributed by atoms with E-state index < -0.39 is 36.1 Å². The molecule has 0 heterocycles. The molecule has 0 aromatic heterocycles. The van der Waals surface area contributed by atoms with Gasteiger partial charge in [-0.15, -0.1) is 19.6 Å². The SMILES string of the molecule is C#C/C(=C(/C#N)NC)c1cc(OCc2cc(C(C)(C)F)cc(C(F)(F)F)c2)cc(OC(F)(F)F)c1. The summed E-state index contributed by atoms with van der Waals surface area (Å²) in [7, 11) is 1.38. The van der Waals surface area contributed by atoms with Crippen molar-refractivity contribution in [3.05, 3.63) is 64.3 Å². The van der Waals surface area contributed by atoms with E-state index in [9.17, 15) is 36.0 Å². The summed E-state index contributed by atoms with van der Waals surface area (Å²) in [4.78, 5) is 0. The van der Waals surface area contributed by atoms with Gasteiger partial charge in [0.2, 0.25) is 0 Å². The summed E-state index contributed by atoms with van der Waals surface area (Å²) in [6, 6.07) is 7.32. The summed E-state index contributed by atoms with van der Waals surface area (Å²) in [5.41, 5.74) is -3.83. The summed E-state index contributed by atoms with van der Waals surface area (Å²) in [6.07, 6.45) is -4.42. The van der Waals surface area contributed by atoms with Crippen LogP contribution in [0.1, 0.15) is 36.1 Å². The maximum Gasteiger partial charge on any atom is 0.573 e. The average Bonchev–Trinajstić information content (AvgIpc) is 2.73. The van der Waals surface area contributed by atoms with Crippen molar-refractivity contribution >= 4 is 5.57 Å². The van der Waals surface area contributed by atoms with Crippen LogP contribution in [0.4, 0.5) is 30.7 Å². The second-order valence-corrected chi connectivity index (χ2v) is 7.67. The smallest absolute Gasteiger partial charge is 0.489 e. The van der Waals surface area contributed by atoms with Gasteiger partial charge in [-0.3, -0.25) is 0 Å². The van der Waals surface area contributed by atoms with Gasteiger partial charge in [-0.25, -0.2) is 4.39 Å². The van der Waals surface area contributed by atoms with Crippen molar-refractivity contribution in [3.8, 4) is 29.9 Å². The van der Waals surface area contributed by atoms with Crippen LogP contribution < -0.4 is 14.8 Å². The molecular formula is C24H19F7N2O2. The van der Waals surface area contributed by atoms with Crippen molar-refractivity contribution in [2.45, 2.75) is 38.7 Å². The molecule has 11 heteroatoms. The molecule has 0 bridgehead atoms. The molecule has 2 aromatic carbocycles. The fourth-order valence-electron chi connectivity index (χ4n) is 2.98. The summed E-state index contributed by atoms with van der Waals surface area (Å²) in [5, 5.41) is 11.7. The number of hydrogen-bond donors (Lipinski definition) is 1. The molecule has 0 radical (unpaired) electrons. The van der Waals surface area contributed by atoms with Crippen molar-refractivity contribution in [1.82, 2.24) is 5.32 Å². The Balaban J connectivity index is 2.54. The van der Waals surface area contributed by atoms with Crippen LogP contribution in [0, 0.1) is 23.7 Å². The molecule has 0 atom stereocenters. The zero-order chi connectivity index (χ0) is 26.6. The van der Waals surface area contributed by atoms with E-state index in [0.717, 1.165) is 38.1 Å². The topological polar surface area (TPSA) is 54.3 Å². The summed E-state index contributed by atoms with van der Waals surface area (Å²) >= 11 is 0. The van der Waals surface area contributed by atoms with Gasteiger partial charge in [0.05, 0.1) is 11.1 Å². The van der Waals surface area contributed by atoms with E-state index in [-0.39, 0.29) is 33.7 Å². The Morgan fingerprint density at radius 3 is 2.03 bits per heavy atom. The highest BCUT2D eigenvalue weighted by Crippen LogP contribution is 2.36. The number of allylic oxidation sites excluding steroid dienone is 2. The first-order valence-electron chi connectivity index (χ1n) is 9.80. The second kappa shape index (κ2) is 10.2. The number of hydrogen-bond acceptors (Lipinski definition) is 4. The monoisotopic (exact) mass is 500 g/mol. The Bertz CT molecular complexity index is 1160. The number of rotatable bonds is 7. The van der Waals surface area contributed by atoms with Crippen LogP contribution in [-0.2, 0) is 18.5 Å². The van der Waals surface area contributed by atoms with E-state index >= 15 is 0 Å². The minimum atomic E-state index is -5.07. The summed E-state index contributed by atoms with van der Waals surface area (Å²) in [6.45, 7) is 1.62. The van der Waals surface area contributed by atoms with Gasteiger partial charge in [0, 0.05) is 18.7 Å². The van der Waals surface area contributed by atoms with Crippen LogP contribution in [0.15, 0.2) is 42.1 Å². The third-order valence-electron chi connectivity index (χ3n) is 4.57. The molecular weight excluding hydrogens is 481 g/mol. The van der Waals surface area contributed by atoms with Gasteiger partial charge < -0.3 is 14.8 Å². The zero-order valence-corrected chi connectivity index (χ0v) is 18.7. The molecule has 186 valence electrons. The van der Waals surface area contributed by atoms with Gasteiger partial charge in [0.25, 0.3) is 0 Å². The third-order valence-corrected chi connectivity index (χ3v) is 4.57. The molecule has 0 aliphatic carbocycles. The lowest BCUT2D eigenvalue weighted by molar-refractivity contribution is -0.274. The molecule has 4 nitrogen and oxygen atoms in total. The van der Waals surface area contributed by atoms with Gasteiger partial charge in [-0.2, -0.15) is 18.4 Å². The van der Waals surface area contributed by atoms with Crippen LogP contribution in [0.2, 0.25) is 0 Å². The first-order valence-corrected chi connectivity index (χ1v) is 9.80. The highest BCUT2D eigenvalue weighted by molar-refractivity contribution is 5.83. The standard InChI is InChI=1S/C24H19F7N2O2/c1-5-20(21(12-32)33-4)15-8-18(11-19(9-15)35-24(29,30)31)34-13-14-6-16(22(2,3)25)10-17(7-14)23(26,27)28/h1,6-11,33H,13H2,2-4H3/b21-20+. The first-order chi connectivity index (χ1) is 16.1. The number of nitrogens with zero attached hydrogens (tertiary/aromatic N) is 1. The van der Waals surface area contributed by atoms with Crippen molar-refractivity contribution in [3.63, 3.8) is 0 Å². The molecule has 2 aromatic rings. The van der Waals surface area contributed by atoms with Gasteiger partial charge in [-0.05, 0) is 55.3 Å². The number of nitriles is 1. The van der Waals surface area contributed by atoms with Crippen LogP contribution in [0.3, 0.4) is 0 Å². The highest BCUT2D eigenvalue weighted by atomic mass is 19.4. The Kier molecular flexibility index (Phi) is 7.97. The van der Waals surface area contributed by atoms with E-state index in [4.69, 9.17) is 11.2 Å². The van der Waals surface area contributed by atoms with Crippen LogP contribution in [-0.4, -0.2) is 13.4 Å². The lowest BCUT2D eigenvalue weighted by Gasteiger charge is -2.19. The van der Waals surface area contributed by atoms with Crippen molar-refractivity contribution in [1.29, 1.82) is 5.26 Å². The molecule has 0 fully saturated rings. The molecule has 0 saturated carbocycles. The Morgan fingerprint density at radius 1 is 0.943 bits per heavy atom. The van der Waals surface area contributed by atoms with Crippen LogP contribution in [0.25, 0.3) is 5.57 Å². The van der Waals surface area contributed by atoms with Gasteiger partial charge in [0.1, 0.15) is 35.5 Å². The Hall–Kier alpha value is -3.86. The van der Waals surface area contributed by atoms with Gasteiger partial charge in [-0.1, -0.05) is 5.92 Å². The molecule has 35 heavy (non-hydrogen) atoms. The van der Waals surface area contributed by atoms with E-state index in [1.54, 1.807) is 6.07 Å². The lowest BCUT2D eigenvalue weighted by Crippen LogP contribution is -2.17. The zero-order valence-electron chi connectivity index (χ0n) is 18.7. The number of terminal acetylenes is 1. The van der Waals surface area contributed by atoms with E-state index in [0.29, 0.717) is 6.07 Å². The molecule has 1 N–H and O–H groups in total. The number of ether oxygens (including phenoxy) is 2. The Labute approximate surface area is 197 Å². The predicted octanol–water partition coefficient (Wildman–Crippen LogP) is 6.47. The summed E-state index contributed by atoms with van der Waals surface area (Å²) < 4.78 is 102. The molecule has 0 unspecified atom stereocenters. The Morgan fingerprint density at radius 2 is 1.54 bits per heavy atom. The van der Waals surface area contributed by atoms with Crippen LogP contribution in [0.5, 0.6) is 11.5 Å². The van der Waals surface area contributed by atoms with Gasteiger partial charge >= 0.3 is 12.5 Å². The molecule has 2 rings (SSSR count). The molecule has 0 amide bonds. The van der Waals surface area contributed by atoms with E-state index in [1.807, 2.05) is 0 Å². The molecule has 0 aliphatic heterocycles. The number of benzene rings is 2. The maximum atomic E-state index is 14.4. The summed E-state index contributed by atoms with van der Waals surface area (Å²) in [5.74, 6) is 1.21. The molecule has 0 aliphatic rings. The van der Waals surface area contributed by atoms with E-state index in [1.165, 1.54) is 13.1 Å². The molecule has 0 spiro atoms. The predicted molar refractivity (Wildman–Crippen MR) is 113 cm³/mol. The minimum absolute atomic E-state index is 0.0511. The fraction of sp³-hybridized carbons (Fsp3) is 0.292. The number of halogens is 7. The number of alkyl halides is 7. The minimum Gasteiger partial charge on any atom is -0.489 e. The highest BCUT2D eigenvalue weighted by Gasteiger charge is 2.33. The van der Waals surface area contributed by atoms with Crippen molar-refractivity contribution in [2.24, 2.45) is 0 Å².